The average Bonchev–Trinajstić information content (AvgIpc) is 2.87. The lowest BCUT2D eigenvalue weighted by molar-refractivity contribution is 0.0954. The molecule has 2 rings (SSSR count). The van der Waals surface area contributed by atoms with Gasteiger partial charge in [0.2, 0.25) is 0 Å². The zero-order valence-corrected chi connectivity index (χ0v) is 14.1. The molecule has 1 aromatic rings. The number of hydrogen-bond donors (Lipinski definition) is 0. The standard InChI is InChI=1S/C16H25O4P/c1-12(2)19-21(17,20-13(3)4)15-10-11-18-16(15)14-8-6-5-7-9-14/h5-9,12-13,15-16H,10-11H2,1-4H3. The van der Waals surface area contributed by atoms with E-state index in [2.05, 4.69) is 0 Å². The van der Waals surface area contributed by atoms with Gasteiger partial charge in [0.1, 0.15) is 0 Å². The maximum atomic E-state index is 13.3. The summed E-state index contributed by atoms with van der Waals surface area (Å²) in [5, 5.41) is 0. The summed E-state index contributed by atoms with van der Waals surface area (Å²) in [5.74, 6) is 0. The molecule has 0 aromatic heterocycles. The topological polar surface area (TPSA) is 44.8 Å². The highest BCUT2D eigenvalue weighted by molar-refractivity contribution is 7.54. The Bertz CT molecular complexity index is 472. The molecule has 0 amide bonds. The van der Waals surface area contributed by atoms with Gasteiger partial charge in [-0.2, -0.15) is 0 Å². The minimum atomic E-state index is -3.23. The molecule has 4 nitrogen and oxygen atoms in total. The van der Waals surface area contributed by atoms with E-state index in [9.17, 15) is 4.57 Å². The average molecular weight is 312 g/mol. The fourth-order valence-electron chi connectivity index (χ4n) is 2.63. The molecular formula is C16H25O4P. The first-order chi connectivity index (χ1) is 9.92. The maximum absolute atomic E-state index is 13.3. The van der Waals surface area contributed by atoms with Gasteiger partial charge >= 0.3 is 7.60 Å². The number of benzene rings is 1. The molecule has 0 saturated carbocycles. The van der Waals surface area contributed by atoms with Crippen molar-refractivity contribution in [3.05, 3.63) is 35.9 Å². The predicted octanol–water partition coefficient (Wildman–Crippen LogP) is 4.56. The van der Waals surface area contributed by atoms with Gasteiger partial charge in [0.05, 0.1) is 24.0 Å². The van der Waals surface area contributed by atoms with Gasteiger partial charge in [-0.1, -0.05) is 30.3 Å². The van der Waals surface area contributed by atoms with E-state index >= 15 is 0 Å². The lowest BCUT2D eigenvalue weighted by atomic mass is 10.1. The Balaban J connectivity index is 2.28. The predicted molar refractivity (Wildman–Crippen MR) is 83.6 cm³/mol. The lowest BCUT2D eigenvalue weighted by Crippen LogP contribution is -2.21. The Kier molecular flexibility index (Phi) is 5.61. The van der Waals surface area contributed by atoms with Gasteiger partial charge in [0.15, 0.2) is 0 Å². The van der Waals surface area contributed by atoms with Crippen LogP contribution in [0.1, 0.15) is 45.8 Å². The van der Waals surface area contributed by atoms with Crippen molar-refractivity contribution in [3.8, 4) is 0 Å². The quantitative estimate of drug-likeness (QED) is 0.722. The molecule has 1 saturated heterocycles. The van der Waals surface area contributed by atoms with Crippen molar-refractivity contribution in [1.29, 1.82) is 0 Å². The normalized spacial score (nSPS) is 23.1. The summed E-state index contributed by atoms with van der Waals surface area (Å²) in [7, 11) is -3.23. The molecule has 5 heteroatoms. The van der Waals surface area contributed by atoms with Crippen LogP contribution in [0.5, 0.6) is 0 Å². The van der Waals surface area contributed by atoms with E-state index in [-0.39, 0.29) is 24.0 Å². The molecule has 1 aliphatic heterocycles. The zero-order chi connectivity index (χ0) is 15.5. The van der Waals surface area contributed by atoms with Crippen LogP contribution in [0.25, 0.3) is 0 Å². The molecule has 0 N–H and O–H groups in total. The number of hydrogen-bond acceptors (Lipinski definition) is 4. The van der Waals surface area contributed by atoms with Crippen LogP contribution in [0, 0.1) is 0 Å². The largest absolute Gasteiger partial charge is 0.373 e. The monoisotopic (exact) mass is 312 g/mol. The van der Waals surface area contributed by atoms with Gasteiger partial charge in [0, 0.05) is 6.61 Å². The Morgan fingerprint density at radius 1 is 1.10 bits per heavy atom. The molecule has 0 aliphatic carbocycles. The van der Waals surface area contributed by atoms with Gasteiger partial charge in [0.25, 0.3) is 0 Å². The van der Waals surface area contributed by atoms with Crippen molar-refractivity contribution in [2.45, 2.75) is 58.1 Å². The third kappa shape index (κ3) is 4.17. The van der Waals surface area contributed by atoms with Crippen LogP contribution in [-0.2, 0) is 18.3 Å². The molecule has 118 valence electrons. The molecule has 1 heterocycles. The molecule has 0 spiro atoms. The summed E-state index contributed by atoms with van der Waals surface area (Å²) in [6.07, 6.45) is 0.170. The highest BCUT2D eigenvalue weighted by atomic mass is 31.2. The van der Waals surface area contributed by atoms with E-state index in [4.69, 9.17) is 13.8 Å². The van der Waals surface area contributed by atoms with Gasteiger partial charge in [-0.05, 0) is 39.7 Å². The van der Waals surface area contributed by atoms with Crippen molar-refractivity contribution in [3.63, 3.8) is 0 Å². The first-order valence-corrected chi connectivity index (χ1v) is 9.16. The molecule has 1 aromatic carbocycles. The van der Waals surface area contributed by atoms with Gasteiger partial charge in [-0.15, -0.1) is 0 Å². The Morgan fingerprint density at radius 2 is 1.67 bits per heavy atom. The van der Waals surface area contributed by atoms with Gasteiger partial charge in [-0.3, -0.25) is 4.57 Å². The lowest BCUT2D eigenvalue weighted by Gasteiger charge is -2.30. The van der Waals surface area contributed by atoms with E-state index in [0.717, 1.165) is 5.56 Å². The van der Waals surface area contributed by atoms with Crippen LogP contribution < -0.4 is 0 Å². The fourth-order valence-corrected chi connectivity index (χ4v) is 5.18. The van der Waals surface area contributed by atoms with Crippen molar-refractivity contribution in [1.82, 2.24) is 0 Å². The Labute approximate surface area is 127 Å². The van der Waals surface area contributed by atoms with E-state index < -0.39 is 7.60 Å². The summed E-state index contributed by atoms with van der Waals surface area (Å²) in [4.78, 5) is 0. The maximum Gasteiger partial charge on any atom is 0.337 e. The van der Waals surface area contributed by atoms with Crippen LogP contribution in [0.3, 0.4) is 0 Å². The third-order valence-electron chi connectivity index (χ3n) is 3.31. The highest BCUT2D eigenvalue weighted by Crippen LogP contribution is 2.62. The summed E-state index contributed by atoms with van der Waals surface area (Å²) in [6, 6.07) is 9.88. The van der Waals surface area contributed by atoms with E-state index in [1.165, 1.54) is 0 Å². The molecule has 0 radical (unpaired) electrons. The first-order valence-electron chi connectivity index (χ1n) is 7.55. The van der Waals surface area contributed by atoms with Gasteiger partial charge < -0.3 is 13.8 Å². The third-order valence-corrected chi connectivity index (χ3v) is 6.08. The van der Waals surface area contributed by atoms with Gasteiger partial charge in [-0.25, -0.2) is 0 Å². The van der Waals surface area contributed by atoms with E-state index in [1.807, 2.05) is 58.0 Å². The second kappa shape index (κ2) is 7.06. The first kappa shape index (κ1) is 16.7. The van der Waals surface area contributed by atoms with Crippen LogP contribution in [0.15, 0.2) is 30.3 Å². The summed E-state index contributed by atoms with van der Waals surface area (Å²) >= 11 is 0. The van der Waals surface area contributed by atoms with Crippen molar-refractivity contribution >= 4 is 7.60 Å². The molecule has 1 aliphatic rings. The molecular weight excluding hydrogens is 287 g/mol. The SMILES string of the molecule is CC(C)OP(=O)(OC(C)C)C1CCOC1c1ccccc1. The summed E-state index contributed by atoms with van der Waals surface area (Å²) in [5.41, 5.74) is 0.782. The zero-order valence-electron chi connectivity index (χ0n) is 13.2. The fraction of sp³-hybridized carbons (Fsp3) is 0.625. The second-order valence-corrected chi connectivity index (χ2v) is 8.07. The summed E-state index contributed by atoms with van der Waals surface area (Å²) in [6.45, 7) is 8.10. The molecule has 1 fully saturated rings. The minimum Gasteiger partial charge on any atom is -0.373 e. The van der Waals surface area contributed by atoms with Crippen LogP contribution in [-0.4, -0.2) is 24.5 Å². The highest BCUT2D eigenvalue weighted by Gasteiger charge is 2.46. The molecule has 2 unspecified atom stereocenters. The molecule has 0 bridgehead atoms. The number of ether oxygens (including phenoxy) is 1. The Morgan fingerprint density at radius 3 is 2.19 bits per heavy atom. The summed E-state index contributed by atoms with van der Waals surface area (Å²) < 4.78 is 30.6. The molecule has 2 atom stereocenters. The van der Waals surface area contributed by atoms with Crippen LogP contribution >= 0.6 is 7.60 Å². The number of rotatable bonds is 6. The van der Waals surface area contributed by atoms with E-state index in [1.54, 1.807) is 0 Å². The molecule has 21 heavy (non-hydrogen) atoms. The van der Waals surface area contributed by atoms with Crippen LogP contribution in [0.2, 0.25) is 0 Å². The van der Waals surface area contributed by atoms with Crippen molar-refractivity contribution < 1.29 is 18.3 Å². The smallest absolute Gasteiger partial charge is 0.337 e. The Hall–Kier alpha value is -0.670. The minimum absolute atomic E-state index is 0.147. The van der Waals surface area contributed by atoms with Crippen LogP contribution in [0.4, 0.5) is 0 Å². The van der Waals surface area contributed by atoms with E-state index in [0.29, 0.717) is 13.0 Å². The second-order valence-electron chi connectivity index (χ2n) is 5.91. The van der Waals surface area contributed by atoms with Crippen molar-refractivity contribution in [2.75, 3.05) is 6.61 Å². The van der Waals surface area contributed by atoms with Crippen molar-refractivity contribution in [2.24, 2.45) is 0 Å².